The summed E-state index contributed by atoms with van der Waals surface area (Å²) in [5.41, 5.74) is -1.14. The number of halogens is 3. The summed E-state index contributed by atoms with van der Waals surface area (Å²) in [6.45, 7) is 0. The predicted molar refractivity (Wildman–Crippen MR) is 53.1 cm³/mol. The highest BCUT2D eigenvalue weighted by atomic mass is 19.4. The van der Waals surface area contributed by atoms with E-state index in [-0.39, 0.29) is 0 Å². The third-order valence-corrected chi connectivity index (χ3v) is 2.04. The van der Waals surface area contributed by atoms with Crippen LogP contribution in [0, 0.1) is 10.1 Å². The second-order valence-corrected chi connectivity index (χ2v) is 3.30. The van der Waals surface area contributed by atoms with Crippen molar-refractivity contribution in [3.8, 4) is 0 Å². The van der Waals surface area contributed by atoms with E-state index in [4.69, 9.17) is 0 Å². The average molecular weight is 261 g/mol. The minimum Gasteiger partial charge on any atom is -0.293 e. The SMILES string of the molecule is O=C(CC(=O)C(F)(F)F)c1ccccc1[N+](=O)[O-]. The van der Waals surface area contributed by atoms with E-state index in [1.54, 1.807) is 0 Å². The molecule has 0 unspecified atom stereocenters. The molecule has 0 aromatic heterocycles. The normalized spacial score (nSPS) is 11.1. The standard InChI is InChI=1S/C10H6F3NO4/c11-10(12,13)9(16)5-8(15)6-3-1-2-4-7(6)14(17)18/h1-4H,5H2. The van der Waals surface area contributed by atoms with Crippen molar-refractivity contribution in [2.75, 3.05) is 0 Å². The number of nitro groups is 1. The van der Waals surface area contributed by atoms with Gasteiger partial charge in [-0.1, -0.05) is 12.1 Å². The predicted octanol–water partition coefficient (Wildman–Crippen LogP) is 2.30. The minimum atomic E-state index is -5.13. The van der Waals surface area contributed by atoms with Crippen LogP contribution in [-0.4, -0.2) is 22.7 Å². The Hall–Kier alpha value is -2.25. The highest BCUT2D eigenvalue weighted by Crippen LogP contribution is 2.23. The number of hydrogen-bond acceptors (Lipinski definition) is 4. The van der Waals surface area contributed by atoms with Gasteiger partial charge in [-0.25, -0.2) is 0 Å². The molecular formula is C10H6F3NO4. The Kier molecular flexibility index (Phi) is 3.79. The maximum Gasteiger partial charge on any atom is 0.450 e. The van der Waals surface area contributed by atoms with Gasteiger partial charge < -0.3 is 0 Å². The van der Waals surface area contributed by atoms with E-state index in [1.807, 2.05) is 0 Å². The number of nitro benzene ring substituents is 1. The summed E-state index contributed by atoms with van der Waals surface area (Å²) in [6.07, 6.45) is -6.56. The fourth-order valence-electron chi connectivity index (χ4n) is 1.21. The van der Waals surface area contributed by atoms with Crippen LogP contribution < -0.4 is 0 Å². The van der Waals surface area contributed by atoms with Gasteiger partial charge in [-0.05, 0) is 6.07 Å². The van der Waals surface area contributed by atoms with Crippen molar-refractivity contribution in [2.45, 2.75) is 12.6 Å². The molecule has 0 heterocycles. The van der Waals surface area contributed by atoms with Gasteiger partial charge in [-0.3, -0.25) is 19.7 Å². The van der Waals surface area contributed by atoms with Crippen molar-refractivity contribution in [1.82, 2.24) is 0 Å². The number of carbonyl (C=O) groups is 2. The second-order valence-electron chi connectivity index (χ2n) is 3.30. The Labute approximate surface area is 98.4 Å². The number of hydrogen-bond donors (Lipinski definition) is 0. The summed E-state index contributed by atoms with van der Waals surface area (Å²) >= 11 is 0. The molecule has 0 aliphatic rings. The van der Waals surface area contributed by atoms with Crippen molar-refractivity contribution in [3.05, 3.63) is 39.9 Å². The lowest BCUT2D eigenvalue weighted by Gasteiger charge is -2.04. The molecule has 5 nitrogen and oxygen atoms in total. The van der Waals surface area contributed by atoms with E-state index < -0.39 is 40.3 Å². The molecular weight excluding hydrogens is 255 g/mol. The van der Waals surface area contributed by atoms with Crippen molar-refractivity contribution in [1.29, 1.82) is 0 Å². The van der Waals surface area contributed by atoms with Crippen LogP contribution in [-0.2, 0) is 4.79 Å². The van der Waals surface area contributed by atoms with Gasteiger partial charge >= 0.3 is 6.18 Å². The quantitative estimate of drug-likeness (QED) is 0.360. The average Bonchev–Trinajstić information content (AvgIpc) is 2.27. The number of Topliss-reactive ketones (excluding diaryl/α,β-unsaturated/α-hetero) is 2. The molecule has 1 aromatic rings. The zero-order valence-electron chi connectivity index (χ0n) is 8.73. The van der Waals surface area contributed by atoms with E-state index in [9.17, 15) is 32.9 Å². The summed E-state index contributed by atoms with van der Waals surface area (Å²) in [4.78, 5) is 31.7. The van der Waals surface area contributed by atoms with Crippen molar-refractivity contribution >= 4 is 17.3 Å². The van der Waals surface area contributed by atoms with Crippen LogP contribution in [0.2, 0.25) is 0 Å². The van der Waals surface area contributed by atoms with Gasteiger partial charge in [-0.2, -0.15) is 13.2 Å². The summed E-state index contributed by atoms with van der Waals surface area (Å²) < 4.78 is 35.8. The molecule has 18 heavy (non-hydrogen) atoms. The monoisotopic (exact) mass is 261 g/mol. The van der Waals surface area contributed by atoms with Crippen molar-refractivity contribution in [2.24, 2.45) is 0 Å². The van der Waals surface area contributed by atoms with Crippen molar-refractivity contribution in [3.63, 3.8) is 0 Å². The van der Waals surface area contributed by atoms with Crippen LogP contribution in [0.25, 0.3) is 0 Å². The molecule has 0 aliphatic heterocycles. The fourth-order valence-corrected chi connectivity index (χ4v) is 1.21. The number of rotatable bonds is 4. The van der Waals surface area contributed by atoms with E-state index in [0.717, 1.165) is 12.1 Å². The van der Waals surface area contributed by atoms with Gasteiger partial charge in [0.05, 0.1) is 16.9 Å². The number of benzene rings is 1. The highest BCUT2D eigenvalue weighted by Gasteiger charge is 2.39. The van der Waals surface area contributed by atoms with Crippen LogP contribution >= 0.6 is 0 Å². The van der Waals surface area contributed by atoms with Crippen LogP contribution in [0.1, 0.15) is 16.8 Å². The fraction of sp³-hybridized carbons (Fsp3) is 0.200. The zero-order valence-corrected chi connectivity index (χ0v) is 8.73. The molecule has 0 saturated heterocycles. The van der Waals surface area contributed by atoms with Crippen LogP contribution in [0.4, 0.5) is 18.9 Å². The van der Waals surface area contributed by atoms with E-state index >= 15 is 0 Å². The molecule has 0 spiro atoms. The molecule has 8 heteroatoms. The molecule has 0 radical (unpaired) electrons. The lowest BCUT2D eigenvalue weighted by atomic mass is 10.0. The Morgan fingerprint density at radius 1 is 1.22 bits per heavy atom. The molecule has 0 fully saturated rings. The maximum absolute atomic E-state index is 11.9. The van der Waals surface area contributed by atoms with Gasteiger partial charge in [-0.15, -0.1) is 0 Å². The molecule has 0 amide bonds. The first-order valence-electron chi connectivity index (χ1n) is 4.60. The Bertz CT molecular complexity index is 510. The summed E-state index contributed by atoms with van der Waals surface area (Å²) in [6, 6.07) is 4.51. The Morgan fingerprint density at radius 2 is 1.78 bits per heavy atom. The second kappa shape index (κ2) is 4.94. The third kappa shape index (κ3) is 3.12. The van der Waals surface area contributed by atoms with Gasteiger partial charge in [0.2, 0.25) is 5.78 Å². The first kappa shape index (κ1) is 13.8. The van der Waals surface area contributed by atoms with E-state index in [1.165, 1.54) is 12.1 Å². The van der Waals surface area contributed by atoms with Crippen LogP contribution in [0.3, 0.4) is 0 Å². The molecule has 0 saturated carbocycles. The summed E-state index contributed by atoms with van der Waals surface area (Å²) in [5.74, 6) is -3.46. The van der Waals surface area contributed by atoms with E-state index in [2.05, 4.69) is 0 Å². The van der Waals surface area contributed by atoms with Crippen molar-refractivity contribution < 1.29 is 27.7 Å². The highest BCUT2D eigenvalue weighted by molar-refractivity contribution is 6.11. The third-order valence-electron chi connectivity index (χ3n) is 2.04. The number of nitrogens with zero attached hydrogens (tertiary/aromatic N) is 1. The minimum absolute atomic E-state index is 0.514. The van der Waals surface area contributed by atoms with Gasteiger partial charge in [0.25, 0.3) is 5.69 Å². The molecule has 1 aromatic carbocycles. The van der Waals surface area contributed by atoms with Gasteiger partial charge in [0.15, 0.2) is 5.78 Å². The lowest BCUT2D eigenvalue weighted by Crippen LogP contribution is -2.25. The Morgan fingerprint density at radius 3 is 2.28 bits per heavy atom. The summed E-state index contributed by atoms with van der Waals surface area (Å²) in [5, 5.41) is 10.6. The molecule has 96 valence electrons. The van der Waals surface area contributed by atoms with Crippen LogP contribution in [0.15, 0.2) is 24.3 Å². The molecule has 1 rings (SSSR count). The first-order valence-corrected chi connectivity index (χ1v) is 4.60. The number of carbonyl (C=O) groups excluding carboxylic acids is 2. The largest absolute Gasteiger partial charge is 0.450 e. The van der Waals surface area contributed by atoms with Gasteiger partial charge in [0.1, 0.15) is 0 Å². The number of alkyl halides is 3. The molecule has 0 atom stereocenters. The number of para-hydroxylation sites is 1. The zero-order chi connectivity index (χ0) is 13.9. The maximum atomic E-state index is 11.9. The topological polar surface area (TPSA) is 77.3 Å². The molecule has 0 aliphatic carbocycles. The Balaban J connectivity index is 2.99. The van der Waals surface area contributed by atoms with Gasteiger partial charge in [0, 0.05) is 6.07 Å². The van der Waals surface area contributed by atoms with E-state index in [0.29, 0.717) is 0 Å². The first-order chi connectivity index (χ1) is 8.23. The molecule has 0 N–H and O–H groups in total. The molecule has 0 bridgehead atoms. The smallest absolute Gasteiger partial charge is 0.293 e. The lowest BCUT2D eigenvalue weighted by molar-refractivity contribution is -0.385. The van der Waals surface area contributed by atoms with Crippen LogP contribution in [0.5, 0.6) is 0 Å². The number of ketones is 2. The summed E-state index contributed by atoms with van der Waals surface area (Å²) in [7, 11) is 0.